The Kier molecular flexibility index (Phi) is 13.7. The quantitative estimate of drug-likeness (QED) is 0.157. The predicted molar refractivity (Wildman–Crippen MR) is 490 cm³/mol. The monoisotopic (exact) mass is 1500 g/mol. The number of hydrogen-bond acceptors (Lipinski definition) is 4. The zero-order chi connectivity index (χ0) is 75.5. The van der Waals surface area contributed by atoms with E-state index in [9.17, 15) is 0 Å². The van der Waals surface area contributed by atoms with Gasteiger partial charge in [0.15, 0.2) is 5.76 Å². The molecule has 3 aliphatic rings. The van der Waals surface area contributed by atoms with Crippen molar-refractivity contribution in [3.63, 3.8) is 0 Å². The van der Waals surface area contributed by atoms with E-state index in [4.69, 9.17) is 14.4 Å². The number of furan rings is 1. The fourth-order valence-corrected chi connectivity index (χ4v) is 22.1. The van der Waals surface area contributed by atoms with Crippen molar-refractivity contribution in [1.82, 2.24) is 13.4 Å². The highest BCUT2D eigenvalue weighted by Gasteiger charge is 2.36. The Labute approximate surface area is 670 Å². The first-order valence-electron chi connectivity index (χ1n) is 40.8. The highest BCUT2D eigenvalue weighted by atomic mass is 32.1. The summed E-state index contributed by atoms with van der Waals surface area (Å²) in [5.41, 5.74) is 31.8. The van der Waals surface area contributed by atoms with Gasteiger partial charge in [0.05, 0.1) is 60.4 Å². The van der Waals surface area contributed by atoms with Gasteiger partial charge >= 0.3 is 0 Å². The summed E-state index contributed by atoms with van der Waals surface area (Å²) in [7, 11) is 0. The van der Waals surface area contributed by atoms with Crippen LogP contribution >= 0.6 is 11.3 Å². The lowest BCUT2D eigenvalue weighted by Crippen LogP contribution is -2.07. The molecule has 0 amide bonds. The highest BCUT2D eigenvalue weighted by Crippen LogP contribution is 2.57. The van der Waals surface area contributed by atoms with Crippen LogP contribution < -0.4 is 0 Å². The Morgan fingerprint density at radius 1 is 0.328 bits per heavy atom. The first kappa shape index (κ1) is 64.3. The van der Waals surface area contributed by atoms with Crippen molar-refractivity contribution in [2.24, 2.45) is 9.98 Å². The molecule has 0 spiro atoms. The predicted octanol–water partition coefficient (Wildman–Crippen LogP) is 29.9. The lowest BCUT2D eigenvalue weighted by Gasteiger charge is -2.24. The molecule has 0 saturated heterocycles. The summed E-state index contributed by atoms with van der Waals surface area (Å²) < 4.78 is 16.4. The molecule has 0 N–H and O–H groups in total. The smallest absolute Gasteiger partial charge is 0.177 e. The minimum atomic E-state index is 0.121. The second-order valence-electron chi connectivity index (χ2n) is 32.2. The average molecular weight is 1500 g/mol. The minimum Gasteiger partial charge on any atom is -0.452 e. The van der Waals surface area contributed by atoms with Crippen molar-refractivity contribution in [3.05, 3.63) is 373 Å². The van der Waals surface area contributed by atoms with Crippen LogP contribution in [0.25, 0.3) is 196 Å². The van der Waals surface area contributed by atoms with Gasteiger partial charge in [0.2, 0.25) is 0 Å². The van der Waals surface area contributed by atoms with E-state index in [1.165, 1.54) is 168 Å². The maximum absolute atomic E-state index is 7.52. The lowest BCUT2D eigenvalue weighted by atomic mass is 9.80. The van der Waals surface area contributed by atoms with Crippen molar-refractivity contribution in [2.75, 3.05) is 0 Å². The third-order valence-electron chi connectivity index (χ3n) is 26.1. The molecule has 116 heavy (non-hydrogen) atoms. The molecule has 1 aliphatic carbocycles. The highest BCUT2D eigenvalue weighted by molar-refractivity contribution is 7.20. The molecule has 542 valence electrons. The molecule has 7 aromatic heterocycles. The van der Waals surface area contributed by atoms with Crippen molar-refractivity contribution < 1.29 is 4.42 Å². The topological polar surface area (TPSA) is 51.6 Å². The van der Waals surface area contributed by atoms with E-state index < -0.39 is 0 Å². The van der Waals surface area contributed by atoms with E-state index in [1.807, 2.05) is 11.3 Å². The van der Waals surface area contributed by atoms with Crippen LogP contribution in [0, 0.1) is 0 Å². The van der Waals surface area contributed by atoms with E-state index >= 15 is 0 Å². The third kappa shape index (κ3) is 9.34. The summed E-state index contributed by atoms with van der Waals surface area (Å²) in [6, 6.07) is 122. The van der Waals surface area contributed by atoms with E-state index in [-0.39, 0.29) is 5.92 Å². The van der Waals surface area contributed by atoms with E-state index in [0.29, 0.717) is 0 Å². The van der Waals surface area contributed by atoms with Crippen molar-refractivity contribution in [2.45, 2.75) is 44.4 Å². The zero-order valence-electron chi connectivity index (χ0n) is 63.2. The Morgan fingerprint density at radius 3 is 1.50 bits per heavy atom. The van der Waals surface area contributed by atoms with Crippen LogP contribution in [0.1, 0.15) is 70.9 Å². The molecule has 0 fully saturated rings. The van der Waals surface area contributed by atoms with Gasteiger partial charge in [-0.2, -0.15) is 0 Å². The van der Waals surface area contributed by atoms with E-state index in [2.05, 4.69) is 353 Å². The average Bonchev–Trinajstić information content (AvgIpc) is 1.52. The molecule has 0 bridgehead atoms. The summed E-state index contributed by atoms with van der Waals surface area (Å²) in [4.78, 5) is 13.0. The largest absolute Gasteiger partial charge is 0.452 e. The molecular formula is C109H69N5OS. The summed E-state index contributed by atoms with van der Waals surface area (Å²) in [6.07, 6.45) is 10.2. The van der Waals surface area contributed by atoms with Gasteiger partial charge in [-0.15, -0.1) is 11.3 Å². The Balaban J connectivity index is 0.566. The maximum atomic E-state index is 7.52. The van der Waals surface area contributed by atoms with Crippen molar-refractivity contribution in [3.8, 4) is 44.5 Å². The second-order valence-corrected chi connectivity index (χ2v) is 33.3. The van der Waals surface area contributed by atoms with Crippen LogP contribution in [0.2, 0.25) is 0 Å². The number of hydrogen-bond donors (Lipinski definition) is 0. The number of aliphatic imine (C=N–C) groups is 2. The van der Waals surface area contributed by atoms with E-state index in [0.717, 1.165) is 123 Å². The minimum absolute atomic E-state index is 0.121. The van der Waals surface area contributed by atoms with Gasteiger partial charge in [0, 0.05) is 86.7 Å². The van der Waals surface area contributed by atoms with Gasteiger partial charge in [-0.25, -0.2) is 4.99 Å². The fourth-order valence-electron chi connectivity index (χ4n) is 20.8. The number of para-hydroxylation sites is 3. The van der Waals surface area contributed by atoms with Crippen LogP contribution in [0.3, 0.4) is 0 Å². The molecule has 9 heterocycles. The summed E-state index contributed by atoms with van der Waals surface area (Å²) in [5.74, 6) is 0.877. The second kappa shape index (κ2) is 24.6. The van der Waals surface area contributed by atoms with Crippen LogP contribution in [0.15, 0.2) is 354 Å². The lowest BCUT2D eigenvalue weighted by molar-refractivity contribution is 0.595. The number of allylic oxidation sites excluding steroid dienone is 3. The molecule has 0 unspecified atom stereocenters. The summed E-state index contributed by atoms with van der Waals surface area (Å²) in [6.45, 7) is 0. The SMILES string of the molecule is C1=C([C@@H]2CCc3ccccc3-c3cc4c5cc6ccccc6cc5n5c6ccccc6c(c32)c45)c2sc3ccccc3c2N=C(c2ccc(-c3ccc(-c4ccc5c6c(oc5c4)/C(n4c5ccccc5c5cc7c8cc9ccccc9cc8n8c9ccccc9c(c54)c78)=C\CCC(c4ccc(-c5ccccc5)cc4)=N6)cc3)cc2)CC1. The number of rotatable bonds is 7. The van der Waals surface area contributed by atoms with E-state index in [1.54, 1.807) is 0 Å². The molecule has 7 heteroatoms. The zero-order valence-corrected chi connectivity index (χ0v) is 64.0. The Morgan fingerprint density at radius 2 is 0.828 bits per heavy atom. The maximum Gasteiger partial charge on any atom is 0.177 e. The number of nitrogens with zero attached hydrogens (tertiary/aromatic N) is 5. The Hall–Kier alpha value is -14.2. The molecular weight excluding hydrogens is 1430 g/mol. The van der Waals surface area contributed by atoms with Crippen LogP contribution in [0.4, 0.5) is 11.4 Å². The first-order valence-corrected chi connectivity index (χ1v) is 41.6. The Bertz CT molecular complexity index is 8300. The molecule has 2 aliphatic heterocycles. The van der Waals surface area contributed by atoms with Gasteiger partial charge in [-0.1, -0.05) is 267 Å². The molecule has 6 nitrogen and oxygen atoms in total. The molecule has 0 radical (unpaired) electrons. The molecule has 1 atom stereocenters. The van der Waals surface area contributed by atoms with Gasteiger partial charge in [-0.05, 0) is 205 Å². The number of benzene rings is 16. The normalized spacial score (nSPS) is 15.3. The third-order valence-corrected chi connectivity index (χ3v) is 27.3. The van der Waals surface area contributed by atoms with Gasteiger partial charge in [-0.3, -0.25) is 4.99 Å². The number of thiophene rings is 1. The van der Waals surface area contributed by atoms with Crippen molar-refractivity contribution in [1.29, 1.82) is 0 Å². The molecule has 16 aromatic carbocycles. The van der Waals surface area contributed by atoms with Crippen LogP contribution in [-0.4, -0.2) is 24.8 Å². The van der Waals surface area contributed by atoms with Crippen LogP contribution in [-0.2, 0) is 6.42 Å². The summed E-state index contributed by atoms with van der Waals surface area (Å²) in [5, 5.41) is 19.9. The van der Waals surface area contributed by atoms with Crippen LogP contribution in [0.5, 0.6) is 0 Å². The number of aromatic nitrogens is 3. The van der Waals surface area contributed by atoms with Gasteiger partial charge in [0.1, 0.15) is 11.3 Å². The fraction of sp³-hybridized carbons (Fsp3) is 0.0642. The molecule has 0 saturated carbocycles. The van der Waals surface area contributed by atoms with Gasteiger partial charge < -0.3 is 17.8 Å². The van der Waals surface area contributed by atoms with Gasteiger partial charge in [0.25, 0.3) is 0 Å². The molecule has 26 rings (SSSR count). The van der Waals surface area contributed by atoms with Crippen molar-refractivity contribution >= 4 is 186 Å². The number of fused-ring (bicyclic) bond motifs is 28. The first-order chi connectivity index (χ1) is 57.5. The standard InChI is InChI=1S/C109H69N5OS/c1-2-20-63(21-3-1)64-44-48-69(49-45-64)90-34-19-38-95(112-92-35-14-10-28-77(92)87-62-89-85-57-72-24-5-7-26-74(72)59-97(85)114-94-37-16-12-30-81(94)102(106(87)112)107(89)114)108-103(110-90)82-55-53-75(60-98(82)115-108)67-42-40-65(41-43-67)66-46-50-70(51-47-66)91-33-18-32-79(109-104(111-91)83-31-13-17-39-99(83)116-109)78-54-52-68-22-8-9-27-76(68)86-61-88-84-56-71-23-4-6-25-73(71)58-96(84)113-93-36-15-11-29-80(93)101(100(78)86)105(88)113/h1-17,20-32,35-51,53,55-62,78H,18-19,33-34,52,54H2/b79-32?,95-38+,110-90?,111-91?/t78-/m0/s1. The molecule has 23 aromatic rings. The summed E-state index contributed by atoms with van der Waals surface area (Å²) >= 11 is 1.92. The number of aryl methyl sites for hydroxylation is 1.